The van der Waals surface area contributed by atoms with E-state index in [2.05, 4.69) is 35.2 Å². The maximum absolute atomic E-state index is 2.68. The summed E-state index contributed by atoms with van der Waals surface area (Å²) in [6.45, 7) is 4.13. The number of rotatable bonds is 4. The molecule has 3 aliphatic rings. The van der Waals surface area contributed by atoms with E-state index in [1.54, 1.807) is 4.88 Å². The zero-order valence-electron chi connectivity index (χ0n) is 12.5. The number of fused-ring (bicyclic) bond motifs is 4. The van der Waals surface area contributed by atoms with Crippen molar-refractivity contribution in [3.63, 3.8) is 0 Å². The minimum Gasteiger partial charge on any atom is -0.303 e. The molecule has 2 aromatic rings. The highest BCUT2D eigenvalue weighted by Gasteiger charge is 2.33. The lowest BCUT2D eigenvalue weighted by Gasteiger charge is -2.45. The predicted molar refractivity (Wildman–Crippen MR) is 94.7 cm³/mol. The lowest BCUT2D eigenvalue weighted by molar-refractivity contribution is 0.0458. The van der Waals surface area contributed by atoms with Crippen molar-refractivity contribution in [3.05, 3.63) is 35.2 Å². The molecule has 4 heterocycles. The van der Waals surface area contributed by atoms with Crippen molar-refractivity contribution in [1.82, 2.24) is 4.90 Å². The van der Waals surface area contributed by atoms with Gasteiger partial charge in [-0.2, -0.15) is 0 Å². The van der Waals surface area contributed by atoms with Gasteiger partial charge in [0.2, 0.25) is 0 Å². The van der Waals surface area contributed by atoms with Gasteiger partial charge in [-0.05, 0) is 74.5 Å². The summed E-state index contributed by atoms with van der Waals surface area (Å²) in [5.74, 6) is 2.04. The van der Waals surface area contributed by atoms with Gasteiger partial charge in [-0.3, -0.25) is 0 Å². The van der Waals surface area contributed by atoms with E-state index < -0.39 is 0 Å². The molecule has 1 atom stereocenters. The highest BCUT2D eigenvalue weighted by molar-refractivity contribution is 7.19. The molecule has 114 valence electrons. The van der Waals surface area contributed by atoms with Crippen LogP contribution in [0.25, 0.3) is 10.1 Å². The zero-order valence-corrected chi connectivity index (χ0v) is 14.1. The van der Waals surface area contributed by atoms with Crippen LogP contribution < -0.4 is 0 Å². The van der Waals surface area contributed by atoms with E-state index in [0.29, 0.717) is 0 Å². The first-order valence-corrected chi connectivity index (χ1v) is 8.90. The standard InChI is InChI=1S/C18H23NS.ClH/c1-2-7-18-15(4-1)12-17(20-18)6-3-5-16-13-19-10-8-14(16)9-11-19;/h1-2,4,7,12,14,16H,3,5-6,8-11,13H2;1H. The number of halogens is 1. The molecule has 3 aliphatic heterocycles. The molecule has 0 spiro atoms. The van der Waals surface area contributed by atoms with Crippen molar-refractivity contribution < 1.29 is 0 Å². The third-order valence-electron chi connectivity index (χ3n) is 5.27. The van der Waals surface area contributed by atoms with Crippen LogP contribution in [0.3, 0.4) is 0 Å². The molecular formula is C18H24ClNS. The van der Waals surface area contributed by atoms with E-state index in [-0.39, 0.29) is 12.4 Å². The predicted octanol–water partition coefficient (Wildman–Crippen LogP) is 4.99. The first-order valence-electron chi connectivity index (χ1n) is 8.08. The van der Waals surface area contributed by atoms with Gasteiger partial charge in [0.05, 0.1) is 0 Å². The van der Waals surface area contributed by atoms with Crippen LogP contribution in [0.15, 0.2) is 30.3 Å². The molecule has 1 aromatic heterocycles. The number of hydrogen-bond donors (Lipinski definition) is 0. The van der Waals surface area contributed by atoms with Crippen LogP contribution in [0.5, 0.6) is 0 Å². The Hall–Kier alpha value is -0.570. The second kappa shape index (κ2) is 6.68. The molecule has 1 nitrogen and oxygen atoms in total. The van der Waals surface area contributed by atoms with Gasteiger partial charge in [0.1, 0.15) is 0 Å². The second-order valence-corrected chi connectivity index (χ2v) is 7.71. The number of thiophene rings is 1. The molecule has 21 heavy (non-hydrogen) atoms. The van der Waals surface area contributed by atoms with Gasteiger partial charge in [0.15, 0.2) is 0 Å². The second-order valence-electron chi connectivity index (χ2n) is 6.54. The van der Waals surface area contributed by atoms with E-state index in [1.807, 2.05) is 11.3 Å². The average molecular weight is 322 g/mol. The number of benzene rings is 1. The smallest absolute Gasteiger partial charge is 0.0345 e. The zero-order chi connectivity index (χ0) is 13.4. The molecule has 3 heteroatoms. The Morgan fingerprint density at radius 2 is 1.95 bits per heavy atom. The molecule has 0 saturated carbocycles. The summed E-state index contributed by atoms with van der Waals surface area (Å²) in [6.07, 6.45) is 7.03. The lowest BCUT2D eigenvalue weighted by Crippen LogP contribution is -2.47. The van der Waals surface area contributed by atoms with Crippen LogP contribution in [0, 0.1) is 11.8 Å². The molecule has 0 aliphatic carbocycles. The van der Waals surface area contributed by atoms with Gasteiger partial charge in [-0.25, -0.2) is 0 Å². The van der Waals surface area contributed by atoms with Crippen molar-refractivity contribution in [2.75, 3.05) is 19.6 Å². The van der Waals surface area contributed by atoms with Gasteiger partial charge < -0.3 is 4.90 Å². The van der Waals surface area contributed by atoms with E-state index in [4.69, 9.17) is 0 Å². The Balaban J connectivity index is 0.00000132. The van der Waals surface area contributed by atoms with Gasteiger partial charge in [-0.15, -0.1) is 23.7 Å². The molecule has 1 aromatic carbocycles. The Bertz CT molecular complexity index is 553. The molecular weight excluding hydrogens is 298 g/mol. The molecule has 3 saturated heterocycles. The molecule has 0 amide bonds. The number of nitrogens with zero attached hydrogens (tertiary/aromatic N) is 1. The fourth-order valence-corrected chi connectivity index (χ4v) is 5.22. The summed E-state index contributed by atoms with van der Waals surface area (Å²) in [5, 5.41) is 1.43. The number of hydrogen-bond acceptors (Lipinski definition) is 2. The van der Waals surface area contributed by atoms with E-state index in [0.717, 1.165) is 11.8 Å². The average Bonchev–Trinajstić information content (AvgIpc) is 2.91. The minimum atomic E-state index is 0. The van der Waals surface area contributed by atoms with Crippen molar-refractivity contribution in [3.8, 4) is 0 Å². The first kappa shape index (κ1) is 15.3. The third kappa shape index (κ3) is 3.28. The number of aryl methyl sites for hydroxylation is 1. The Morgan fingerprint density at radius 1 is 1.14 bits per heavy atom. The van der Waals surface area contributed by atoms with E-state index in [1.165, 1.54) is 61.8 Å². The molecule has 0 N–H and O–H groups in total. The fraction of sp³-hybridized carbons (Fsp3) is 0.556. The van der Waals surface area contributed by atoms with E-state index >= 15 is 0 Å². The van der Waals surface area contributed by atoms with Gasteiger partial charge >= 0.3 is 0 Å². The summed E-state index contributed by atoms with van der Waals surface area (Å²) in [7, 11) is 0. The lowest BCUT2D eigenvalue weighted by atomic mass is 9.77. The Morgan fingerprint density at radius 3 is 2.67 bits per heavy atom. The summed E-state index contributed by atoms with van der Waals surface area (Å²) in [4.78, 5) is 4.26. The van der Waals surface area contributed by atoms with Crippen LogP contribution >= 0.6 is 23.7 Å². The summed E-state index contributed by atoms with van der Waals surface area (Å²) < 4.78 is 1.45. The minimum absolute atomic E-state index is 0. The largest absolute Gasteiger partial charge is 0.303 e. The maximum atomic E-state index is 2.68. The van der Waals surface area contributed by atoms with Crippen LogP contribution in [0.2, 0.25) is 0 Å². The van der Waals surface area contributed by atoms with Gasteiger partial charge in [0.25, 0.3) is 0 Å². The first-order chi connectivity index (χ1) is 9.88. The Kier molecular flexibility index (Phi) is 4.88. The normalized spacial score (nSPS) is 27.7. The maximum Gasteiger partial charge on any atom is 0.0345 e. The highest BCUT2D eigenvalue weighted by atomic mass is 35.5. The summed E-state index contributed by atoms with van der Waals surface area (Å²) in [5.41, 5.74) is 0. The van der Waals surface area contributed by atoms with Crippen molar-refractivity contribution in [2.45, 2.75) is 32.1 Å². The summed E-state index contributed by atoms with van der Waals surface area (Å²) >= 11 is 1.99. The molecule has 0 radical (unpaired) electrons. The van der Waals surface area contributed by atoms with Crippen LogP contribution in [0.1, 0.15) is 30.6 Å². The highest BCUT2D eigenvalue weighted by Crippen LogP contribution is 2.35. The molecule has 5 rings (SSSR count). The summed E-state index contributed by atoms with van der Waals surface area (Å²) in [6, 6.07) is 11.2. The van der Waals surface area contributed by atoms with Gasteiger partial charge in [0, 0.05) is 16.1 Å². The van der Waals surface area contributed by atoms with Crippen molar-refractivity contribution in [2.24, 2.45) is 11.8 Å². The van der Waals surface area contributed by atoms with Crippen LogP contribution in [0.4, 0.5) is 0 Å². The van der Waals surface area contributed by atoms with Crippen LogP contribution in [-0.2, 0) is 6.42 Å². The monoisotopic (exact) mass is 321 g/mol. The fourth-order valence-electron chi connectivity index (χ4n) is 4.11. The number of piperidine rings is 3. The van der Waals surface area contributed by atoms with Crippen molar-refractivity contribution in [1.29, 1.82) is 0 Å². The quantitative estimate of drug-likeness (QED) is 0.767. The molecule has 1 unspecified atom stereocenters. The SMILES string of the molecule is Cl.c1ccc2sc(CCCC3CN4CCC3CC4)cc2c1. The molecule has 3 fully saturated rings. The van der Waals surface area contributed by atoms with Crippen LogP contribution in [-0.4, -0.2) is 24.5 Å². The van der Waals surface area contributed by atoms with Crippen molar-refractivity contribution >= 4 is 33.8 Å². The van der Waals surface area contributed by atoms with E-state index in [9.17, 15) is 0 Å². The Labute approximate surface area is 137 Å². The van der Waals surface area contributed by atoms with Gasteiger partial charge in [-0.1, -0.05) is 18.2 Å². The third-order valence-corrected chi connectivity index (χ3v) is 6.44. The molecule has 2 bridgehead atoms. The topological polar surface area (TPSA) is 3.24 Å².